The Morgan fingerprint density at radius 1 is 1.30 bits per heavy atom. The summed E-state index contributed by atoms with van der Waals surface area (Å²) < 4.78 is 35.9. The minimum absolute atomic E-state index is 0.454. The summed E-state index contributed by atoms with van der Waals surface area (Å²) in [5.41, 5.74) is 0.469. The number of aromatic nitrogens is 4. The average Bonchev–Trinajstić information content (AvgIpc) is 2.85. The zero-order valence-corrected chi connectivity index (χ0v) is 10.5. The van der Waals surface area contributed by atoms with Crippen molar-refractivity contribution in [3.05, 3.63) is 35.1 Å². The van der Waals surface area contributed by atoms with Gasteiger partial charge in [-0.1, -0.05) is 11.6 Å². The first-order valence-corrected chi connectivity index (χ1v) is 5.64. The van der Waals surface area contributed by atoms with Crippen molar-refractivity contribution < 1.29 is 18.0 Å². The molecule has 0 spiro atoms. The van der Waals surface area contributed by atoms with Crippen molar-refractivity contribution in [2.24, 2.45) is 0 Å². The molecule has 1 heterocycles. The number of nitrogens with one attached hydrogen (secondary N) is 1. The molecular weight excluding hydrogens is 299 g/mol. The predicted molar refractivity (Wildman–Crippen MR) is 62.6 cm³/mol. The highest BCUT2D eigenvalue weighted by molar-refractivity contribution is 6.30. The Bertz CT molecular complexity index is 610. The quantitative estimate of drug-likeness (QED) is 0.935. The third-order valence-electron chi connectivity index (χ3n) is 2.12. The molecule has 0 atom stereocenters. The Labute approximate surface area is 115 Å². The van der Waals surface area contributed by atoms with Crippen LogP contribution in [0.4, 0.5) is 13.2 Å². The van der Waals surface area contributed by atoms with Crippen LogP contribution in [0, 0.1) is 0 Å². The number of nitrogens with zero attached hydrogens (tertiary/aromatic N) is 4. The van der Waals surface area contributed by atoms with Gasteiger partial charge in [0.05, 0.1) is 5.69 Å². The number of halogens is 4. The molecule has 2 aromatic rings. The minimum atomic E-state index is -4.50. The maximum atomic E-state index is 12.0. The van der Waals surface area contributed by atoms with Gasteiger partial charge in [0.25, 0.3) is 11.7 Å². The molecule has 1 N–H and O–H groups in total. The van der Waals surface area contributed by atoms with E-state index in [1.165, 1.54) is 0 Å². The van der Waals surface area contributed by atoms with Gasteiger partial charge < -0.3 is 5.32 Å². The number of benzene rings is 1. The zero-order valence-electron chi connectivity index (χ0n) is 9.73. The van der Waals surface area contributed by atoms with Crippen LogP contribution in [-0.2, 0) is 0 Å². The molecule has 1 aromatic carbocycles. The van der Waals surface area contributed by atoms with Crippen molar-refractivity contribution in [3.63, 3.8) is 0 Å². The van der Waals surface area contributed by atoms with Gasteiger partial charge in [0, 0.05) is 5.02 Å². The van der Waals surface area contributed by atoms with Crippen LogP contribution in [0.5, 0.6) is 0 Å². The monoisotopic (exact) mass is 305 g/mol. The van der Waals surface area contributed by atoms with Crippen LogP contribution in [-0.4, -0.2) is 38.8 Å². The fourth-order valence-corrected chi connectivity index (χ4v) is 1.37. The number of rotatable bonds is 3. The van der Waals surface area contributed by atoms with Crippen molar-refractivity contribution >= 4 is 17.5 Å². The van der Waals surface area contributed by atoms with E-state index in [1.54, 1.807) is 29.6 Å². The zero-order chi connectivity index (χ0) is 14.8. The molecule has 0 aliphatic rings. The Kier molecular flexibility index (Phi) is 3.89. The number of tetrazole rings is 1. The van der Waals surface area contributed by atoms with E-state index >= 15 is 0 Å². The molecule has 2 rings (SSSR count). The number of carbonyl (C=O) groups excluding carboxylic acids is 1. The first-order chi connectivity index (χ1) is 9.35. The van der Waals surface area contributed by atoms with Crippen molar-refractivity contribution in [2.45, 2.75) is 6.18 Å². The Balaban J connectivity index is 2.09. The van der Waals surface area contributed by atoms with Gasteiger partial charge in [0.2, 0.25) is 0 Å². The number of carbonyl (C=O) groups is 1. The van der Waals surface area contributed by atoms with E-state index in [2.05, 4.69) is 15.4 Å². The lowest BCUT2D eigenvalue weighted by molar-refractivity contribution is -0.123. The first kappa shape index (κ1) is 14.3. The summed E-state index contributed by atoms with van der Waals surface area (Å²) in [6.07, 6.45) is -4.50. The van der Waals surface area contributed by atoms with Gasteiger partial charge in [-0.05, 0) is 29.5 Å². The Hall–Kier alpha value is -2.16. The van der Waals surface area contributed by atoms with E-state index in [1.807, 2.05) is 0 Å². The summed E-state index contributed by atoms with van der Waals surface area (Å²) in [6.45, 7) is -1.46. The minimum Gasteiger partial charge on any atom is -0.340 e. The molecule has 6 nitrogen and oxygen atoms in total. The van der Waals surface area contributed by atoms with Crippen LogP contribution in [0.3, 0.4) is 0 Å². The van der Waals surface area contributed by atoms with E-state index in [9.17, 15) is 18.0 Å². The van der Waals surface area contributed by atoms with Crippen LogP contribution < -0.4 is 5.32 Å². The SMILES string of the molecule is O=C(NCC(F)(F)F)c1nnn(-c2ccc(Cl)cc2)n1. The number of alkyl halides is 3. The third kappa shape index (κ3) is 3.67. The molecule has 1 aromatic heterocycles. The van der Waals surface area contributed by atoms with Gasteiger partial charge >= 0.3 is 6.18 Å². The lowest BCUT2D eigenvalue weighted by Crippen LogP contribution is -2.34. The number of hydrogen-bond acceptors (Lipinski definition) is 4. The molecule has 1 amide bonds. The highest BCUT2D eigenvalue weighted by Crippen LogP contribution is 2.13. The van der Waals surface area contributed by atoms with Crippen molar-refractivity contribution in [2.75, 3.05) is 6.54 Å². The van der Waals surface area contributed by atoms with Crippen molar-refractivity contribution in [1.29, 1.82) is 0 Å². The molecule has 0 fully saturated rings. The molecule has 0 aliphatic heterocycles. The van der Waals surface area contributed by atoms with Crippen LogP contribution in [0.2, 0.25) is 5.02 Å². The molecule has 0 saturated carbocycles. The second-order valence-electron chi connectivity index (χ2n) is 3.68. The second kappa shape index (κ2) is 5.45. The normalized spacial score (nSPS) is 11.4. The van der Waals surface area contributed by atoms with Gasteiger partial charge in [-0.3, -0.25) is 4.79 Å². The molecule has 10 heteroatoms. The lowest BCUT2D eigenvalue weighted by atomic mass is 10.3. The Morgan fingerprint density at radius 2 is 1.95 bits per heavy atom. The average molecular weight is 306 g/mol. The fourth-order valence-electron chi connectivity index (χ4n) is 1.25. The van der Waals surface area contributed by atoms with Gasteiger partial charge in [-0.25, -0.2) is 0 Å². The van der Waals surface area contributed by atoms with E-state index in [0.717, 1.165) is 4.80 Å². The lowest BCUT2D eigenvalue weighted by Gasteiger charge is -2.05. The maximum absolute atomic E-state index is 12.0. The first-order valence-electron chi connectivity index (χ1n) is 5.26. The fraction of sp³-hybridized carbons (Fsp3) is 0.200. The van der Waals surface area contributed by atoms with Crippen LogP contribution >= 0.6 is 11.6 Å². The maximum Gasteiger partial charge on any atom is 0.405 e. The van der Waals surface area contributed by atoms with Gasteiger partial charge in [0.1, 0.15) is 6.54 Å². The summed E-state index contributed by atoms with van der Waals surface area (Å²) in [6, 6.07) is 6.29. The van der Waals surface area contributed by atoms with Crippen LogP contribution in [0.25, 0.3) is 5.69 Å². The molecule has 0 unspecified atom stereocenters. The van der Waals surface area contributed by atoms with E-state index in [0.29, 0.717) is 10.7 Å². The van der Waals surface area contributed by atoms with Crippen molar-refractivity contribution in [1.82, 2.24) is 25.5 Å². The molecule has 20 heavy (non-hydrogen) atoms. The summed E-state index contributed by atoms with van der Waals surface area (Å²) in [5, 5.41) is 12.8. The smallest absolute Gasteiger partial charge is 0.340 e. The van der Waals surface area contributed by atoms with Gasteiger partial charge in [0.15, 0.2) is 0 Å². The molecule has 0 saturated heterocycles. The van der Waals surface area contributed by atoms with Crippen LogP contribution in [0.15, 0.2) is 24.3 Å². The second-order valence-corrected chi connectivity index (χ2v) is 4.11. The van der Waals surface area contributed by atoms with Gasteiger partial charge in [-0.15, -0.1) is 15.0 Å². The summed E-state index contributed by atoms with van der Waals surface area (Å²) in [5.74, 6) is -1.51. The summed E-state index contributed by atoms with van der Waals surface area (Å²) in [7, 11) is 0. The van der Waals surface area contributed by atoms with Crippen LogP contribution in [0.1, 0.15) is 10.6 Å². The molecule has 0 aliphatic carbocycles. The topological polar surface area (TPSA) is 72.7 Å². The predicted octanol–water partition coefficient (Wildman–Crippen LogP) is 1.61. The van der Waals surface area contributed by atoms with Gasteiger partial charge in [-0.2, -0.15) is 13.2 Å². The summed E-state index contributed by atoms with van der Waals surface area (Å²) in [4.78, 5) is 12.4. The number of hydrogen-bond donors (Lipinski definition) is 1. The number of amides is 1. The van der Waals surface area contributed by atoms with E-state index in [4.69, 9.17) is 11.6 Å². The highest BCUT2D eigenvalue weighted by atomic mass is 35.5. The third-order valence-corrected chi connectivity index (χ3v) is 2.38. The standard InChI is InChI=1S/C10H7ClF3N5O/c11-6-1-3-7(4-2-6)19-17-8(16-18-19)9(20)15-5-10(12,13)14/h1-4H,5H2,(H,15,20). The van der Waals surface area contributed by atoms with E-state index < -0.39 is 24.5 Å². The molecule has 0 radical (unpaired) electrons. The molecular formula is C10H7ClF3N5O. The highest BCUT2D eigenvalue weighted by Gasteiger charge is 2.28. The Morgan fingerprint density at radius 3 is 2.55 bits per heavy atom. The summed E-state index contributed by atoms with van der Waals surface area (Å²) >= 11 is 5.70. The largest absolute Gasteiger partial charge is 0.405 e. The molecule has 0 bridgehead atoms. The van der Waals surface area contributed by atoms with E-state index in [-0.39, 0.29) is 0 Å². The van der Waals surface area contributed by atoms with Crippen molar-refractivity contribution in [3.8, 4) is 5.69 Å². The molecule has 106 valence electrons.